The van der Waals surface area contributed by atoms with Crippen molar-refractivity contribution in [3.63, 3.8) is 0 Å². The average Bonchev–Trinajstić information content (AvgIpc) is 2.98. The van der Waals surface area contributed by atoms with E-state index in [4.69, 9.17) is 4.74 Å². The summed E-state index contributed by atoms with van der Waals surface area (Å²) < 4.78 is 18.7. The van der Waals surface area contributed by atoms with E-state index in [0.717, 1.165) is 4.90 Å². The van der Waals surface area contributed by atoms with Crippen LogP contribution >= 0.6 is 0 Å². The molecule has 0 spiro atoms. The van der Waals surface area contributed by atoms with E-state index < -0.39 is 23.3 Å². The molecule has 4 amide bonds. The van der Waals surface area contributed by atoms with Gasteiger partial charge in [0.15, 0.2) is 0 Å². The Hall–Kier alpha value is -3.49. The maximum absolute atomic E-state index is 13.2. The largest absolute Gasteiger partial charge is 0.439 e. The maximum atomic E-state index is 13.2. The zero-order valence-electron chi connectivity index (χ0n) is 16.8. The van der Waals surface area contributed by atoms with Crippen LogP contribution in [0.3, 0.4) is 0 Å². The van der Waals surface area contributed by atoms with Gasteiger partial charge in [0.05, 0.1) is 0 Å². The van der Waals surface area contributed by atoms with Crippen LogP contribution in [0.15, 0.2) is 42.6 Å². The van der Waals surface area contributed by atoms with Crippen LogP contribution in [0, 0.1) is 5.82 Å². The number of aromatic nitrogens is 1. The molecule has 2 heterocycles. The summed E-state index contributed by atoms with van der Waals surface area (Å²) in [5.74, 6) is -0.639. The van der Waals surface area contributed by atoms with E-state index in [0.29, 0.717) is 24.2 Å². The van der Waals surface area contributed by atoms with Crippen molar-refractivity contribution in [2.24, 2.45) is 0 Å². The lowest BCUT2D eigenvalue weighted by Crippen LogP contribution is -2.46. The third kappa shape index (κ3) is 4.56. The van der Waals surface area contributed by atoms with Gasteiger partial charge in [0.2, 0.25) is 11.8 Å². The quantitative estimate of drug-likeness (QED) is 0.647. The molecule has 158 valence electrons. The van der Waals surface area contributed by atoms with Gasteiger partial charge in [0, 0.05) is 24.9 Å². The summed E-state index contributed by atoms with van der Waals surface area (Å²) in [6.45, 7) is 3.46. The molecule has 0 unspecified atom stereocenters. The first kappa shape index (κ1) is 21.2. The Balaban J connectivity index is 1.52. The van der Waals surface area contributed by atoms with Crippen molar-refractivity contribution in [2.75, 3.05) is 6.54 Å². The fourth-order valence-corrected chi connectivity index (χ4v) is 3.18. The van der Waals surface area contributed by atoms with Crippen molar-refractivity contribution in [1.82, 2.24) is 20.5 Å². The van der Waals surface area contributed by atoms with Gasteiger partial charge in [0.1, 0.15) is 23.7 Å². The number of carbonyl (C=O) groups is 3. The van der Waals surface area contributed by atoms with Crippen molar-refractivity contribution >= 4 is 17.8 Å². The minimum absolute atomic E-state index is 0.169. The molecule has 0 atom stereocenters. The number of urea groups is 1. The number of hydrogen-bond donors (Lipinski definition) is 2. The van der Waals surface area contributed by atoms with Gasteiger partial charge in [-0.25, -0.2) is 14.2 Å². The van der Waals surface area contributed by atoms with Gasteiger partial charge in [-0.15, -0.1) is 0 Å². The van der Waals surface area contributed by atoms with E-state index in [-0.39, 0.29) is 24.9 Å². The van der Waals surface area contributed by atoms with E-state index >= 15 is 0 Å². The Labute approximate surface area is 173 Å². The summed E-state index contributed by atoms with van der Waals surface area (Å²) in [5, 5.41) is 5.35. The number of carbonyl (C=O) groups excluding carboxylic acids is 3. The normalized spacial score (nSPS) is 15.1. The molecule has 2 aromatic rings. The Kier molecular flexibility index (Phi) is 6.29. The molecule has 1 aromatic heterocycles. The molecule has 0 saturated carbocycles. The van der Waals surface area contributed by atoms with E-state index in [1.54, 1.807) is 18.2 Å². The molecule has 30 heavy (non-hydrogen) atoms. The van der Waals surface area contributed by atoms with Crippen LogP contribution in [0.4, 0.5) is 9.18 Å². The first-order valence-electron chi connectivity index (χ1n) is 9.66. The van der Waals surface area contributed by atoms with E-state index in [2.05, 4.69) is 15.6 Å². The molecule has 1 aliphatic rings. The van der Waals surface area contributed by atoms with Gasteiger partial charge in [-0.3, -0.25) is 14.5 Å². The van der Waals surface area contributed by atoms with Crippen LogP contribution in [0.2, 0.25) is 0 Å². The average molecular weight is 414 g/mol. The third-order valence-electron chi connectivity index (χ3n) is 5.06. The van der Waals surface area contributed by atoms with E-state index in [9.17, 15) is 18.8 Å². The molecule has 0 aliphatic carbocycles. The Bertz CT molecular complexity index is 944. The Morgan fingerprint density at radius 3 is 2.60 bits per heavy atom. The number of ether oxygens (including phenoxy) is 1. The van der Waals surface area contributed by atoms with Crippen molar-refractivity contribution in [3.8, 4) is 11.6 Å². The number of amides is 4. The molecule has 0 radical (unpaired) electrons. The lowest BCUT2D eigenvalue weighted by Gasteiger charge is -2.23. The van der Waals surface area contributed by atoms with Gasteiger partial charge in [0.25, 0.3) is 5.91 Å². The minimum Gasteiger partial charge on any atom is -0.439 e. The molecule has 8 nitrogen and oxygen atoms in total. The molecular formula is C21H23FN4O4. The zero-order chi connectivity index (χ0) is 21.7. The zero-order valence-corrected chi connectivity index (χ0v) is 16.8. The molecule has 0 bridgehead atoms. The highest BCUT2D eigenvalue weighted by molar-refractivity contribution is 6.08. The molecular weight excluding hydrogens is 391 g/mol. The fourth-order valence-electron chi connectivity index (χ4n) is 3.18. The summed E-state index contributed by atoms with van der Waals surface area (Å²) in [4.78, 5) is 41.9. The highest BCUT2D eigenvalue weighted by Crippen LogP contribution is 2.24. The lowest BCUT2D eigenvalue weighted by atomic mass is 9.93. The van der Waals surface area contributed by atoms with Gasteiger partial charge in [-0.1, -0.05) is 26.0 Å². The first-order chi connectivity index (χ1) is 14.4. The van der Waals surface area contributed by atoms with Gasteiger partial charge < -0.3 is 15.4 Å². The molecule has 3 rings (SSSR count). The number of rotatable bonds is 8. The first-order valence-corrected chi connectivity index (χ1v) is 9.66. The predicted octanol–water partition coefficient (Wildman–Crippen LogP) is 2.74. The molecule has 9 heteroatoms. The van der Waals surface area contributed by atoms with Crippen LogP contribution in [-0.2, 0) is 16.1 Å². The molecule has 1 aromatic carbocycles. The second-order valence-electron chi connectivity index (χ2n) is 6.95. The van der Waals surface area contributed by atoms with E-state index in [1.807, 2.05) is 13.8 Å². The maximum Gasteiger partial charge on any atom is 0.325 e. The number of hydrogen-bond acceptors (Lipinski definition) is 5. The number of nitrogens with one attached hydrogen (secondary N) is 2. The van der Waals surface area contributed by atoms with Crippen LogP contribution in [0.5, 0.6) is 11.6 Å². The predicted molar refractivity (Wildman–Crippen MR) is 106 cm³/mol. The number of halogens is 1. The summed E-state index contributed by atoms with van der Waals surface area (Å²) in [5.41, 5.74) is -0.234. The van der Waals surface area contributed by atoms with Crippen LogP contribution in [0.1, 0.15) is 32.3 Å². The van der Waals surface area contributed by atoms with E-state index in [1.165, 1.54) is 24.4 Å². The smallest absolute Gasteiger partial charge is 0.325 e. The number of benzene rings is 1. The van der Waals surface area contributed by atoms with Gasteiger partial charge >= 0.3 is 6.03 Å². The third-order valence-corrected chi connectivity index (χ3v) is 5.06. The number of pyridine rings is 1. The van der Waals surface area contributed by atoms with Crippen molar-refractivity contribution in [2.45, 2.75) is 38.8 Å². The summed E-state index contributed by atoms with van der Waals surface area (Å²) in [6.07, 6.45) is 2.44. The van der Waals surface area contributed by atoms with Crippen molar-refractivity contribution < 1.29 is 23.5 Å². The second kappa shape index (κ2) is 8.89. The molecule has 1 fully saturated rings. The monoisotopic (exact) mass is 414 g/mol. The number of imide groups is 1. The van der Waals surface area contributed by atoms with Crippen LogP contribution in [-0.4, -0.2) is 39.8 Å². The van der Waals surface area contributed by atoms with Crippen molar-refractivity contribution in [3.05, 3.63) is 54.0 Å². The second-order valence-corrected chi connectivity index (χ2v) is 6.95. The lowest BCUT2D eigenvalue weighted by molar-refractivity contribution is -0.135. The van der Waals surface area contributed by atoms with Crippen LogP contribution < -0.4 is 15.4 Å². The highest BCUT2D eigenvalue weighted by atomic mass is 19.1. The standard InChI is InChI=1S/C21H23FN4O4/c1-3-21(4-2)19(28)26(20(29)25-21)13-17(27)23-11-14-8-9-18(24-12-14)30-16-7-5-6-15(22)10-16/h5-10,12H,3-4,11,13H2,1-2H3,(H,23,27)(H,25,29). The highest BCUT2D eigenvalue weighted by Gasteiger charge is 2.49. The number of nitrogens with zero attached hydrogens (tertiary/aromatic N) is 2. The van der Waals surface area contributed by atoms with Gasteiger partial charge in [-0.2, -0.15) is 0 Å². The fraction of sp³-hybridized carbons (Fsp3) is 0.333. The molecule has 1 aliphatic heterocycles. The SMILES string of the molecule is CCC1(CC)NC(=O)N(CC(=O)NCc2ccc(Oc3cccc(F)c3)nc2)C1=O. The van der Waals surface area contributed by atoms with Crippen LogP contribution in [0.25, 0.3) is 0 Å². The summed E-state index contributed by atoms with van der Waals surface area (Å²) >= 11 is 0. The molecule has 1 saturated heterocycles. The van der Waals surface area contributed by atoms with Gasteiger partial charge in [-0.05, 0) is 30.5 Å². The summed E-state index contributed by atoms with van der Waals surface area (Å²) in [7, 11) is 0. The Morgan fingerprint density at radius 2 is 2.00 bits per heavy atom. The summed E-state index contributed by atoms with van der Waals surface area (Å²) in [6, 6.07) is 8.45. The molecule has 2 N–H and O–H groups in total. The minimum atomic E-state index is -0.932. The topological polar surface area (TPSA) is 101 Å². The Morgan fingerprint density at radius 1 is 1.23 bits per heavy atom. The van der Waals surface area contributed by atoms with Crippen molar-refractivity contribution in [1.29, 1.82) is 0 Å².